The number of fused-ring (bicyclic) bond motifs is 1. The van der Waals surface area contributed by atoms with Gasteiger partial charge in [0.15, 0.2) is 5.96 Å². The number of nitrogens with one attached hydrogen (secondary N) is 1. The van der Waals surface area contributed by atoms with Crippen LogP contribution in [0.15, 0.2) is 34.6 Å². The Hall–Kier alpha value is -2.41. The lowest BCUT2D eigenvalue weighted by Gasteiger charge is -2.21. The number of aliphatic imine (C=N–C) groups is 1. The van der Waals surface area contributed by atoms with Gasteiger partial charge in [0.1, 0.15) is 5.82 Å². The van der Waals surface area contributed by atoms with Gasteiger partial charge in [0.2, 0.25) is 0 Å². The zero-order valence-electron chi connectivity index (χ0n) is 14.4. The van der Waals surface area contributed by atoms with Gasteiger partial charge in [0.25, 0.3) is 0 Å². The van der Waals surface area contributed by atoms with Crippen LogP contribution in [0.1, 0.15) is 16.5 Å². The molecule has 6 nitrogen and oxygen atoms in total. The second kappa shape index (κ2) is 7.00. The summed E-state index contributed by atoms with van der Waals surface area (Å²) >= 11 is 1.67. The highest BCUT2D eigenvalue weighted by Gasteiger charge is 2.11. The monoisotopic (exact) mass is 342 g/mol. The summed E-state index contributed by atoms with van der Waals surface area (Å²) in [6.07, 6.45) is 0. The van der Waals surface area contributed by atoms with E-state index >= 15 is 0 Å². The van der Waals surface area contributed by atoms with Crippen molar-refractivity contribution in [2.75, 3.05) is 14.1 Å². The fourth-order valence-corrected chi connectivity index (χ4v) is 3.30. The molecule has 1 aromatic carbocycles. The zero-order chi connectivity index (χ0) is 17.1. The molecule has 0 amide bonds. The van der Waals surface area contributed by atoms with Crippen LogP contribution in [0.2, 0.25) is 0 Å². The van der Waals surface area contributed by atoms with Crippen LogP contribution in [0.5, 0.6) is 0 Å². The Morgan fingerprint density at radius 2 is 2.12 bits per heavy atom. The van der Waals surface area contributed by atoms with Crippen LogP contribution in [0.3, 0.4) is 0 Å². The maximum Gasteiger partial charge on any atom is 0.194 e. The van der Waals surface area contributed by atoms with Crippen molar-refractivity contribution in [3.8, 4) is 0 Å². The number of rotatable bonds is 4. The average Bonchev–Trinajstić information content (AvgIpc) is 3.12. The molecule has 3 rings (SSSR count). The van der Waals surface area contributed by atoms with Crippen LogP contribution in [0.4, 0.5) is 0 Å². The van der Waals surface area contributed by atoms with Crippen molar-refractivity contribution in [2.45, 2.75) is 20.0 Å². The van der Waals surface area contributed by atoms with Crippen molar-refractivity contribution >= 4 is 28.3 Å². The molecule has 0 aliphatic carbocycles. The number of imidazole rings is 1. The van der Waals surface area contributed by atoms with Crippen LogP contribution >= 0.6 is 11.3 Å². The SMILES string of the molecule is CN=C(NCc1nc2ccccc2n1C)N(C)Cc1csc(C)n1. The quantitative estimate of drug-likeness (QED) is 0.585. The number of hydrogen-bond donors (Lipinski definition) is 1. The highest BCUT2D eigenvalue weighted by molar-refractivity contribution is 7.09. The molecule has 0 radical (unpaired) electrons. The number of thiazole rings is 1. The van der Waals surface area contributed by atoms with Gasteiger partial charge in [-0.15, -0.1) is 11.3 Å². The van der Waals surface area contributed by atoms with Crippen LogP contribution in [-0.2, 0) is 20.1 Å². The van der Waals surface area contributed by atoms with Gasteiger partial charge in [-0.2, -0.15) is 0 Å². The predicted octanol–water partition coefficient (Wildman–Crippen LogP) is 2.55. The van der Waals surface area contributed by atoms with E-state index in [0.29, 0.717) is 6.54 Å². The fraction of sp³-hybridized carbons (Fsp3) is 0.353. The Labute approximate surface area is 145 Å². The normalized spacial score (nSPS) is 11.9. The van der Waals surface area contributed by atoms with Gasteiger partial charge in [-0.05, 0) is 19.1 Å². The number of aryl methyl sites for hydroxylation is 2. The molecular formula is C17H22N6S. The number of hydrogen-bond acceptors (Lipinski definition) is 4. The van der Waals surface area contributed by atoms with E-state index in [-0.39, 0.29) is 0 Å². The van der Waals surface area contributed by atoms with Crippen molar-refractivity contribution in [3.05, 3.63) is 46.2 Å². The summed E-state index contributed by atoms with van der Waals surface area (Å²) in [4.78, 5) is 15.6. The zero-order valence-corrected chi connectivity index (χ0v) is 15.3. The van der Waals surface area contributed by atoms with E-state index in [0.717, 1.165) is 40.1 Å². The first-order valence-corrected chi connectivity index (χ1v) is 8.69. The first-order valence-electron chi connectivity index (χ1n) is 7.81. The Balaban J connectivity index is 1.67. The van der Waals surface area contributed by atoms with Gasteiger partial charge < -0.3 is 14.8 Å². The van der Waals surface area contributed by atoms with E-state index in [1.807, 2.05) is 39.2 Å². The van der Waals surface area contributed by atoms with Crippen molar-refractivity contribution in [3.63, 3.8) is 0 Å². The predicted molar refractivity (Wildman–Crippen MR) is 99.2 cm³/mol. The van der Waals surface area contributed by atoms with Crippen LogP contribution < -0.4 is 5.32 Å². The Morgan fingerprint density at radius 1 is 1.33 bits per heavy atom. The van der Waals surface area contributed by atoms with Crippen molar-refractivity contribution < 1.29 is 0 Å². The average molecular weight is 342 g/mol. The number of aromatic nitrogens is 3. The third kappa shape index (κ3) is 3.41. The molecule has 24 heavy (non-hydrogen) atoms. The van der Waals surface area contributed by atoms with Crippen molar-refractivity contribution in [2.24, 2.45) is 12.0 Å². The van der Waals surface area contributed by atoms with Crippen molar-refractivity contribution in [1.29, 1.82) is 0 Å². The summed E-state index contributed by atoms with van der Waals surface area (Å²) in [7, 11) is 5.84. The van der Waals surface area contributed by atoms with Crippen LogP contribution in [0, 0.1) is 6.92 Å². The van der Waals surface area contributed by atoms with Gasteiger partial charge in [-0.1, -0.05) is 12.1 Å². The molecule has 2 aromatic heterocycles. The molecule has 0 aliphatic heterocycles. The second-order valence-corrected chi connectivity index (χ2v) is 6.75. The Bertz CT molecular complexity index is 863. The molecule has 0 fully saturated rings. The molecular weight excluding hydrogens is 320 g/mol. The minimum absolute atomic E-state index is 0.623. The van der Waals surface area contributed by atoms with Gasteiger partial charge in [-0.3, -0.25) is 4.99 Å². The summed E-state index contributed by atoms with van der Waals surface area (Å²) < 4.78 is 2.11. The maximum atomic E-state index is 4.68. The van der Waals surface area contributed by atoms with Crippen LogP contribution in [-0.4, -0.2) is 39.5 Å². The van der Waals surface area contributed by atoms with E-state index in [4.69, 9.17) is 0 Å². The molecule has 2 heterocycles. The van der Waals surface area contributed by atoms with Gasteiger partial charge in [-0.25, -0.2) is 9.97 Å². The second-order valence-electron chi connectivity index (χ2n) is 5.69. The molecule has 7 heteroatoms. The van der Waals surface area contributed by atoms with Crippen LogP contribution in [0.25, 0.3) is 11.0 Å². The van der Waals surface area contributed by atoms with E-state index in [9.17, 15) is 0 Å². The van der Waals surface area contributed by atoms with Gasteiger partial charge in [0.05, 0.1) is 34.8 Å². The smallest absolute Gasteiger partial charge is 0.194 e. The maximum absolute atomic E-state index is 4.68. The summed E-state index contributed by atoms with van der Waals surface area (Å²) in [5, 5.41) is 6.55. The number of benzene rings is 1. The summed E-state index contributed by atoms with van der Waals surface area (Å²) in [6, 6.07) is 8.15. The molecule has 0 saturated heterocycles. The molecule has 126 valence electrons. The highest BCUT2D eigenvalue weighted by atomic mass is 32.1. The molecule has 0 atom stereocenters. The van der Waals surface area contributed by atoms with E-state index in [1.165, 1.54) is 0 Å². The number of nitrogens with zero attached hydrogens (tertiary/aromatic N) is 5. The Morgan fingerprint density at radius 3 is 2.79 bits per heavy atom. The van der Waals surface area contributed by atoms with E-state index in [2.05, 4.69) is 41.2 Å². The largest absolute Gasteiger partial charge is 0.349 e. The molecule has 3 aromatic rings. The lowest BCUT2D eigenvalue weighted by Crippen LogP contribution is -2.38. The van der Waals surface area contributed by atoms with E-state index in [1.54, 1.807) is 18.4 Å². The van der Waals surface area contributed by atoms with Gasteiger partial charge in [0, 0.05) is 26.5 Å². The highest BCUT2D eigenvalue weighted by Crippen LogP contribution is 2.14. The summed E-state index contributed by atoms with van der Waals surface area (Å²) in [5.41, 5.74) is 3.21. The first kappa shape index (κ1) is 16.4. The summed E-state index contributed by atoms with van der Waals surface area (Å²) in [6.45, 7) is 3.37. The third-order valence-electron chi connectivity index (χ3n) is 3.92. The Kier molecular flexibility index (Phi) is 4.80. The fourth-order valence-electron chi connectivity index (χ4n) is 2.70. The lowest BCUT2D eigenvalue weighted by atomic mass is 10.3. The van der Waals surface area contributed by atoms with Gasteiger partial charge >= 0.3 is 0 Å². The lowest BCUT2D eigenvalue weighted by molar-refractivity contribution is 0.469. The minimum Gasteiger partial charge on any atom is -0.349 e. The molecule has 1 N–H and O–H groups in total. The summed E-state index contributed by atoms with van der Waals surface area (Å²) in [5.74, 6) is 1.81. The van der Waals surface area contributed by atoms with E-state index < -0.39 is 0 Å². The molecule has 0 aliphatic rings. The number of para-hydroxylation sites is 2. The van der Waals surface area contributed by atoms with Crippen molar-refractivity contribution in [1.82, 2.24) is 24.8 Å². The molecule has 0 saturated carbocycles. The molecule has 0 spiro atoms. The topological polar surface area (TPSA) is 58.3 Å². The first-order chi connectivity index (χ1) is 11.6. The molecule has 0 unspecified atom stereocenters. The standard InChI is InChI=1S/C17H22N6S/c1-12-20-13(11-24-12)10-22(3)17(18-2)19-9-16-21-14-7-5-6-8-15(14)23(16)4/h5-8,11H,9-10H2,1-4H3,(H,18,19). The number of guanidine groups is 1. The molecule has 0 bridgehead atoms. The third-order valence-corrected chi connectivity index (χ3v) is 4.75. The minimum atomic E-state index is 0.623.